The van der Waals surface area contributed by atoms with Crippen molar-refractivity contribution in [1.29, 1.82) is 0 Å². The molecule has 0 fully saturated rings. The van der Waals surface area contributed by atoms with Gasteiger partial charge in [-0.15, -0.1) is 0 Å². The normalized spacial score (nSPS) is 12.8. The van der Waals surface area contributed by atoms with Crippen LogP contribution in [-0.4, -0.2) is 17.8 Å². The van der Waals surface area contributed by atoms with E-state index in [-0.39, 0.29) is 16.6 Å². The highest BCUT2D eigenvalue weighted by atomic mass is 79.9. The van der Waals surface area contributed by atoms with Crippen LogP contribution >= 0.6 is 15.9 Å². The van der Waals surface area contributed by atoms with Gasteiger partial charge in [0.25, 0.3) is 0 Å². The lowest BCUT2D eigenvalue weighted by molar-refractivity contribution is 0.183. The van der Waals surface area contributed by atoms with Crippen molar-refractivity contribution in [2.75, 3.05) is 6.54 Å². The summed E-state index contributed by atoms with van der Waals surface area (Å²) in [6, 6.07) is 2.56. The lowest BCUT2D eigenvalue weighted by Crippen LogP contribution is -2.20. The Hall–Kier alpha value is -0.520. The molecular weight excluding hydrogens is 280 g/mol. The molecule has 2 N–H and O–H groups in total. The lowest BCUT2D eigenvalue weighted by Gasteiger charge is -2.09. The van der Waals surface area contributed by atoms with Gasteiger partial charge in [0.15, 0.2) is 0 Å². The van der Waals surface area contributed by atoms with Gasteiger partial charge in [-0.05, 0) is 48.0 Å². The van der Waals surface area contributed by atoms with E-state index in [1.165, 1.54) is 12.1 Å². The van der Waals surface area contributed by atoms with Gasteiger partial charge in [-0.25, -0.2) is 8.78 Å². The molecule has 0 spiro atoms. The summed E-state index contributed by atoms with van der Waals surface area (Å²) in [4.78, 5) is 0. The van der Waals surface area contributed by atoms with Gasteiger partial charge < -0.3 is 10.4 Å². The molecule has 0 heterocycles. The van der Waals surface area contributed by atoms with Crippen LogP contribution in [0.1, 0.15) is 18.9 Å². The largest absolute Gasteiger partial charge is 0.393 e. The summed E-state index contributed by atoms with van der Waals surface area (Å²) in [6.45, 7) is 2.30. The zero-order valence-corrected chi connectivity index (χ0v) is 10.5. The Labute approximate surface area is 102 Å². The Morgan fingerprint density at radius 1 is 1.44 bits per heavy atom. The van der Waals surface area contributed by atoms with Crippen molar-refractivity contribution in [2.45, 2.75) is 26.0 Å². The average Bonchev–Trinajstić information content (AvgIpc) is 2.22. The summed E-state index contributed by atoms with van der Waals surface area (Å²) < 4.78 is 27.0. The summed E-state index contributed by atoms with van der Waals surface area (Å²) >= 11 is 3.00. The van der Waals surface area contributed by atoms with Gasteiger partial charge in [0, 0.05) is 12.1 Å². The topological polar surface area (TPSA) is 32.3 Å². The van der Waals surface area contributed by atoms with Crippen LogP contribution in [0.2, 0.25) is 0 Å². The maximum Gasteiger partial charge on any atom is 0.144 e. The number of benzene rings is 1. The number of hydrogen-bond donors (Lipinski definition) is 2. The fraction of sp³-hybridized carbons (Fsp3) is 0.455. The van der Waals surface area contributed by atoms with Crippen molar-refractivity contribution >= 4 is 15.9 Å². The van der Waals surface area contributed by atoms with Gasteiger partial charge in [0.05, 0.1) is 10.6 Å². The minimum atomic E-state index is -0.579. The van der Waals surface area contributed by atoms with E-state index in [2.05, 4.69) is 21.2 Å². The molecule has 0 bridgehead atoms. The second kappa shape index (κ2) is 6.27. The number of halogens is 3. The molecule has 0 saturated heterocycles. The number of aliphatic hydroxyl groups is 1. The third-order valence-electron chi connectivity index (χ3n) is 2.18. The molecule has 0 aromatic heterocycles. The maximum atomic E-state index is 13.5. The SMILES string of the molecule is CC(O)CCNCc1c(F)ccc(Br)c1F. The fourth-order valence-corrected chi connectivity index (χ4v) is 1.63. The second-order valence-electron chi connectivity index (χ2n) is 3.64. The van der Waals surface area contributed by atoms with E-state index in [0.717, 1.165) is 0 Å². The van der Waals surface area contributed by atoms with Gasteiger partial charge in [-0.3, -0.25) is 0 Å². The highest BCUT2D eigenvalue weighted by molar-refractivity contribution is 9.10. The number of aliphatic hydroxyl groups excluding tert-OH is 1. The van der Waals surface area contributed by atoms with E-state index < -0.39 is 17.7 Å². The molecule has 5 heteroatoms. The third kappa shape index (κ3) is 3.81. The quantitative estimate of drug-likeness (QED) is 0.646. The molecular formula is C11H14BrF2NO. The first kappa shape index (κ1) is 13.5. The minimum Gasteiger partial charge on any atom is -0.393 e. The molecule has 0 aliphatic rings. The number of nitrogens with one attached hydrogen (secondary N) is 1. The minimum absolute atomic E-state index is 0.0139. The smallest absolute Gasteiger partial charge is 0.144 e. The van der Waals surface area contributed by atoms with Crippen molar-refractivity contribution in [2.24, 2.45) is 0 Å². The van der Waals surface area contributed by atoms with Gasteiger partial charge in [0.2, 0.25) is 0 Å². The Balaban J connectivity index is 2.56. The molecule has 1 aromatic rings. The molecule has 1 aromatic carbocycles. The molecule has 0 saturated carbocycles. The van der Waals surface area contributed by atoms with E-state index in [4.69, 9.17) is 5.11 Å². The molecule has 0 radical (unpaired) electrons. The Morgan fingerprint density at radius 3 is 2.75 bits per heavy atom. The molecule has 1 rings (SSSR count). The van der Waals surface area contributed by atoms with Crippen molar-refractivity contribution in [3.05, 3.63) is 33.8 Å². The third-order valence-corrected chi connectivity index (χ3v) is 2.79. The average molecular weight is 294 g/mol. The molecule has 1 atom stereocenters. The molecule has 90 valence electrons. The Kier molecular flexibility index (Phi) is 5.31. The zero-order chi connectivity index (χ0) is 12.1. The van der Waals surface area contributed by atoms with Crippen LogP contribution in [0.3, 0.4) is 0 Å². The van der Waals surface area contributed by atoms with E-state index >= 15 is 0 Å². The van der Waals surface area contributed by atoms with E-state index in [1.807, 2.05) is 0 Å². The fourth-order valence-electron chi connectivity index (χ4n) is 1.26. The zero-order valence-electron chi connectivity index (χ0n) is 8.93. The van der Waals surface area contributed by atoms with E-state index in [1.54, 1.807) is 6.92 Å². The van der Waals surface area contributed by atoms with Gasteiger partial charge in [-0.2, -0.15) is 0 Å². The summed E-state index contributed by atoms with van der Waals surface area (Å²) in [5, 5.41) is 11.9. The molecule has 1 unspecified atom stereocenters. The van der Waals surface area contributed by atoms with Gasteiger partial charge in [0.1, 0.15) is 11.6 Å². The van der Waals surface area contributed by atoms with E-state index in [0.29, 0.717) is 13.0 Å². The first-order valence-corrected chi connectivity index (χ1v) is 5.83. The number of rotatable bonds is 5. The van der Waals surface area contributed by atoms with Crippen LogP contribution < -0.4 is 5.32 Å². The molecule has 0 amide bonds. The highest BCUT2D eigenvalue weighted by Crippen LogP contribution is 2.21. The van der Waals surface area contributed by atoms with Crippen LogP contribution in [0.5, 0.6) is 0 Å². The predicted molar refractivity (Wildman–Crippen MR) is 62.1 cm³/mol. The Morgan fingerprint density at radius 2 is 2.12 bits per heavy atom. The van der Waals surface area contributed by atoms with Crippen molar-refractivity contribution < 1.29 is 13.9 Å². The molecule has 0 aliphatic carbocycles. The van der Waals surface area contributed by atoms with Crippen LogP contribution in [0.25, 0.3) is 0 Å². The lowest BCUT2D eigenvalue weighted by atomic mass is 10.2. The highest BCUT2D eigenvalue weighted by Gasteiger charge is 2.11. The van der Waals surface area contributed by atoms with Gasteiger partial charge in [-0.1, -0.05) is 0 Å². The van der Waals surface area contributed by atoms with Crippen LogP contribution in [0.4, 0.5) is 8.78 Å². The van der Waals surface area contributed by atoms with Crippen molar-refractivity contribution in [3.8, 4) is 0 Å². The van der Waals surface area contributed by atoms with Gasteiger partial charge >= 0.3 is 0 Å². The maximum absolute atomic E-state index is 13.5. The first-order chi connectivity index (χ1) is 7.52. The number of hydrogen-bond acceptors (Lipinski definition) is 2. The summed E-state index contributed by atoms with van der Waals surface area (Å²) in [6.07, 6.45) is 0.141. The monoisotopic (exact) mass is 293 g/mol. The summed E-state index contributed by atoms with van der Waals surface area (Å²) in [5.41, 5.74) is 0.0139. The van der Waals surface area contributed by atoms with Crippen LogP contribution in [0.15, 0.2) is 16.6 Å². The summed E-state index contributed by atoms with van der Waals surface area (Å²) in [7, 11) is 0. The second-order valence-corrected chi connectivity index (χ2v) is 4.49. The van der Waals surface area contributed by atoms with E-state index in [9.17, 15) is 8.78 Å². The predicted octanol–water partition coefficient (Wildman–Crippen LogP) is 2.59. The molecule has 0 aliphatic heterocycles. The first-order valence-electron chi connectivity index (χ1n) is 5.03. The van der Waals surface area contributed by atoms with Crippen molar-refractivity contribution in [1.82, 2.24) is 5.32 Å². The van der Waals surface area contributed by atoms with Crippen LogP contribution in [-0.2, 0) is 6.54 Å². The summed E-state index contributed by atoms with van der Waals surface area (Å²) in [5.74, 6) is -1.14. The molecule has 2 nitrogen and oxygen atoms in total. The van der Waals surface area contributed by atoms with Crippen LogP contribution in [0, 0.1) is 11.6 Å². The Bertz CT molecular complexity index is 358. The van der Waals surface area contributed by atoms with Crippen molar-refractivity contribution in [3.63, 3.8) is 0 Å². The molecule has 16 heavy (non-hydrogen) atoms. The standard InChI is InChI=1S/C11H14BrF2NO/c1-7(16)4-5-15-6-8-10(13)3-2-9(12)11(8)14/h2-3,7,15-16H,4-6H2,1H3.